The molecule has 0 saturated heterocycles. The maximum atomic E-state index is 6.00. The van der Waals surface area contributed by atoms with E-state index in [1.807, 2.05) is 62.5 Å². The van der Waals surface area contributed by atoms with Crippen LogP contribution < -0.4 is 4.74 Å². The number of hydrogen-bond donors (Lipinski definition) is 0. The summed E-state index contributed by atoms with van der Waals surface area (Å²) in [6.07, 6.45) is 0. The second-order valence-electron chi connectivity index (χ2n) is 5.49. The molecule has 0 fully saturated rings. The summed E-state index contributed by atoms with van der Waals surface area (Å²) in [4.78, 5) is 2.15. The largest absolute Gasteiger partial charge is 0.457 e. The predicted octanol–water partition coefficient (Wildman–Crippen LogP) is 3.80. The Labute approximate surface area is 135 Å². The minimum Gasteiger partial charge on any atom is -0.457 e. The van der Waals surface area contributed by atoms with Gasteiger partial charge in [0, 0.05) is 18.7 Å². The number of hydrogen-bond acceptors (Lipinski definition) is 5. The standard InChI is InChI=1S/C18H19N3O2/c1-14-17(20-23-19-14)13-21(2)12-15-8-6-7-11-18(15)22-16-9-4-3-5-10-16/h3-11H,12-13H2,1-2H3. The minimum absolute atomic E-state index is 0.676. The van der Waals surface area contributed by atoms with Crippen LogP contribution in [0.3, 0.4) is 0 Å². The average molecular weight is 309 g/mol. The van der Waals surface area contributed by atoms with E-state index in [-0.39, 0.29) is 0 Å². The zero-order chi connectivity index (χ0) is 16.1. The monoisotopic (exact) mass is 309 g/mol. The molecular formula is C18H19N3O2. The molecule has 0 spiro atoms. The molecule has 0 aliphatic heterocycles. The summed E-state index contributed by atoms with van der Waals surface area (Å²) in [7, 11) is 2.04. The van der Waals surface area contributed by atoms with E-state index in [9.17, 15) is 0 Å². The van der Waals surface area contributed by atoms with Gasteiger partial charge in [0.2, 0.25) is 0 Å². The Morgan fingerprint density at radius 1 is 0.957 bits per heavy atom. The normalized spacial score (nSPS) is 10.9. The van der Waals surface area contributed by atoms with Crippen molar-refractivity contribution in [2.45, 2.75) is 20.0 Å². The second-order valence-corrected chi connectivity index (χ2v) is 5.49. The lowest BCUT2D eigenvalue weighted by Crippen LogP contribution is -2.18. The van der Waals surface area contributed by atoms with Crippen LogP contribution in [0.25, 0.3) is 0 Å². The molecule has 2 aromatic carbocycles. The Balaban J connectivity index is 1.71. The van der Waals surface area contributed by atoms with Gasteiger partial charge in [-0.25, -0.2) is 4.63 Å². The van der Waals surface area contributed by atoms with Crippen molar-refractivity contribution in [3.63, 3.8) is 0 Å². The molecular weight excluding hydrogens is 290 g/mol. The smallest absolute Gasteiger partial charge is 0.131 e. The van der Waals surface area contributed by atoms with Gasteiger partial charge >= 0.3 is 0 Å². The maximum Gasteiger partial charge on any atom is 0.131 e. The first-order chi connectivity index (χ1) is 11.2. The van der Waals surface area contributed by atoms with Gasteiger partial charge in [0.05, 0.1) is 0 Å². The Morgan fingerprint density at radius 2 is 1.70 bits per heavy atom. The van der Waals surface area contributed by atoms with E-state index in [0.717, 1.165) is 35.0 Å². The number of para-hydroxylation sites is 2. The quantitative estimate of drug-likeness (QED) is 0.693. The highest BCUT2D eigenvalue weighted by Gasteiger charge is 2.11. The molecule has 23 heavy (non-hydrogen) atoms. The van der Waals surface area contributed by atoms with Crippen LogP contribution in [0, 0.1) is 6.92 Å². The van der Waals surface area contributed by atoms with Gasteiger partial charge in [-0.3, -0.25) is 4.90 Å². The van der Waals surface area contributed by atoms with Crippen LogP contribution >= 0.6 is 0 Å². The molecule has 0 unspecified atom stereocenters. The lowest BCUT2D eigenvalue weighted by atomic mass is 10.2. The third kappa shape index (κ3) is 3.96. The van der Waals surface area contributed by atoms with Gasteiger partial charge in [-0.2, -0.15) is 0 Å². The number of benzene rings is 2. The zero-order valence-corrected chi connectivity index (χ0v) is 13.3. The highest BCUT2D eigenvalue weighted by atomic mass is 16.6. The maximum absolute atomic E-state index is 6.00. The molecule has 0 radical (unpaired) electrons. The lowest BCUT2D eigenvalue weighted by Gasteiger charge is -2.18. The highest BCUT2D eigenvalue weighted by Crippen LogP contribution is 2.26. The van der Waals surface area contributed by atoms with Crippen molar-refractivity contribution in [1.29, 1.82) is 0 Å². The van der Waals surface area contributed by atoms with Crippen molar-refractivity contribution in [1.82, 2.24) is 15.2 Å². The van der Waals surface area contributed by atoms with Crippen LogP contribution in [-0.4, -0.2) is 22.3 Å². The number of rotatable bonds is 6. The summed E-state index contributed by atoms with van der Waals surface area (Å²) in [6, 6.07) is 17.9. The van der Waals surface area contributed by atoms with Crippen LogP contribution in [0.1, 0.15) is 17.0 Å². The van der Waals surface area contributed by atoms with E-state index in [2.05, 4.69) is 21.3 Å². The molecule has 1 heterocycles. The molecule has 0 aliphatic carbocycles. The number of ether oxygens (including phenoxy) is 1. The van der Waals surface area contributed by atoms with Crippen LogP contribution in [0.15, 0.2) is 59.2 Å². The van der Waals surface area contributed by atoms with Gasteiger partial charge < -0.3 is 4.74 Å². The van der Waals surface area contributed by atoms with E-state index in [0.29, 0.717) is 6.54 Å². The molecule has 0 bridgehead atoms. The van der Waals surface area contributed by atoms with E-state index in [4.69, 9.17) is 9.37 Å². The van der Waals surface area contributed by atoms with Crippen molar-refractivity contribution in [2.24, 2.45) is 0 Å². The summed E-state index contributed by atoms with van der Waals surface area (Å²) in [5.41, 5.74) is 2.80. The molecule has 0 atom stereocenters. The van der Waals surface area contributed by atoms with Crippen LogP contribution in [0.5, 0.6) is 11.5 Å². The molecule has 0 N–H and O–H groups in total. The molecule has 3 rings (SSSR count). The third-order valence-corrected chi connectivity index (χ3v) is 3.55. The summed E-state index contributed by atoms with van der Waals surface area (Å²) in [5, 5.41) is 7.74. The number of aryl methyl sites for hydroxylation is 1. The Bertz CT molecular complexity index is 756. The number of nitrogens with zero attached hydrogens (tertiary/aromatic N) is 3. The summed E-state index contributed by atoms with van der Waals surface area (Å²) in [5.74, 6) is 1.69. The van der Waals surface area contributed by atoms with E-state index in [1.54, 1.807) is 0 Å². The van der Waals surface area contributed by atoms with Crippen molar-refractivity contribution in [3.05, 3.63) is 71.5 Å². The predicted molar refractivity (Wildman–Crippen MR) is 87.2 cm³/mol. The average Bonchev–Trinajstić information content (AvgIpc) is 2.95. The third-order valence-electron chi connectivity index (χ3n) is 3.55. The van der Waals surface area contributed by atoms with Gasteiger partial charge in [0.25, 0.3) is 0 Å². The van der Waals surface area contributed by atoms with Gasteiger partial charge in [-0.15, -0.1) is 0 Å². The fourth-order valence-electron chi connectivity index (χ4n) is 2.34. The Morgan fingerprint density at radius 3 is 2.43 bits per heavy atom. The highest BCUT2D eigenvalue weighted by molar-refractivity contribution is 5.37. The number of aromatic nitrogens is 2. The van der Waals surface area contributed by atoms with Gasteiger partial charge in [-0.1, -0.05) is 46.7 Å². The second kappa shape index (κ2) is 7.07. The van der Waals surface area contributed by atoms with E-state index in [1.165, 1.54) is 0 Å². The van der Waals surface area contributed by atoms with Gasteiger partial charge in [0.1, 0.15) is 22.9 Å². The summed E-state index contributed by atoms with van der Waals surface area (Å²) < 4.78 is 10.7. The zero-order valence-electron chi connectivity index (χ0n) is 13.3. The van der Waals surface area contributed by atoms with Crippen molar-refractivity contribution in [2.75, 3.05) is 7.05 Å². The van der Waals surface area contributed by atoms with Crippen molar-refractivity contribution in [3.8, 4) is 11.5 Å². The summed E-state index contributed by atoms with van der Waals surface area (Å²) >= 11 is 0. The van der Waals surface area contributed by atoms with Crippen molar-refractivity contribution >= 4 is 0 Å². The fourth-order valence-corrected chi connectivity index (χ4v) is 2.34. The van der Waals surface area contributed by atoms with Crippen LogP contribution in [0.2, 0.25) is 0 Å². The van der Waals surface area contributed by atoms with Crippen LogP contribution in [-0.2, 0) is 13.1 Å². The Hall–Kier alpha value is -2.66. The molecule has 118 valence electrons. The summed E-state index contributed by atoms with van der Waals surface area (Å²) in [6.45, 7) is 3.32. The molecule has 5 nitrogen and oxygen atoms in total. The SMILES string of the molecule is Cc1nonc1CN(C)Cc1ccccc1Oc1ccccc1. The lowest BCUT2D eigenvalue weighted by molar-refractivity contribution is 0.278. The molecule has 5 heteroatoms. The molecule has 0 saturated carbocycles. The van der Waals surface area contributed by atoms with Crippen molar-refractivity contribution < 1.29 is 9.37 Å². The van der Waals surface area contributed by atoms with Gasteiger partial charge in [-0.05, 0) is 32.2 Å². The molecule has 1 aromatic heterocycles. The first-order valence-electron chi connectivity index (χ1n) is 7.50. The Kier molecular flexibility index (Phi) is 4.68. The van der Waals surface area contributed by atoms with Gasteiger partial charge in [0.15, 0.2) is 0 Å². The fraction of sp³-hybridized carbons (Fsp3) is 0.222. The van der Waals surface area contributed by atoms with E-state index < -0.39 is 0 Å². The first kappa shape index (κ1) is 15.2. The van der Waals surface area contributed by atoms with E-state index >= 15 is 0 Å². The molecule has 0 amide bonds. The molecule has 0 aliphatic rings. The molecule has 3 aromatic rings. The van der Waals surface area contributed by atoms with Crippen LogP contribution in [0.4, 0.5) is 0 Å². The minimum atomic E-state index is 0.676. The first-order valence-corrected chi connectivity index (χ1v) is 7.50. The topological polar surface area (TPSA) is 51.4 Å².